The number of nitrogens with one attached hydrogen (secondary N) is 1. The third-order valence-electron chi connectivity index (χ3n) is 5.92. The lowest BCUT2D eigenvalue weighted by Crippen LogP contribution is -2.26. The van der Waals surface area contributed by atoms with Gasteiger partial charge in [0.25, 0.3) is 0 Å². The second-order valence-corrected chi connectivity index (χ2v) is 9.51. The molecule has 0 radical (unpaired) electrons. The Hall–Kier alpha value is -2.69. The number of nitrogens with zero attached hydrogens (tertiary/aromatic N) is 3. The van der Waals surface area contributed by atoms with Gasteiger partial charge in [0, 0.05) is 37.8 Å². The minimum Gasteiger partial charge on any atom is -0.494 e. The molecule has 0 aliphatic carbocycles. The predicted molar refractivity (Wildman–Crippen MR) is 151 cm³/mol. The molecule has 0 unspecified atom stereocenters. The van der Waals surface area contributed by atoms with Crippen molar-refractivity contribution in [1.82, 2.24) is 20.1 Å². The Labute approximate surface area is 227 Å². The highest BCUT2D eigenvalue weighted by Gasteiger charge is 2.10. The molecule has 0 bridgehead atoms. The van der Waals surface area contributed by atoms with Gasteiger partial charge >= 0.3 is 0 Å². The number of rotatable bonds is 20. The molecule has 38 heavy (non-hydrogen) atoms. The molecule has 0 spiro atoms. The third kappa shape index (κ3) is 11.0. The molecule has 0 amide bonds. The number of oxazole rings is 1. The van der Waals surface area contributed by atoms with E-state index in [1.54, 1.807) is 0 Å². The molecule has 1 N–H and O–H groups in total. The number of hydrogen-bond acceptors (Lipinski definition) is 9. The van der Waals surface area contributed by atoms with Gasteiger partial charge in [-0.2, -0.15) is 0 Å². The van der Waals surface area contributed by atoms with Gasteiger partial charge in [-0.1, -0.05) is 0 Å². The number of hydrogen-bond donors (Lipinski definition) is 1. The predicted octanol–water partition coefficient (Wildman–Crippen LogP) is 3.78. The maximum atomic E-state index is 6.01. The van der Waals surface area contributed by atoms with Crippen molar-refractivity contribution in [2.75, 3.05) is 94.0 Å². The van der Waals surface area contributed by atoms with E-state index in [4.69, 9.17) is 23.4 Å². The van der Waals surface area contributed by atoms with E-state index in [2.05, 4.69) is 41.2 Å². The molecule has 1 heterocycles. The molecule has 0 atom stereocenters. The largest absolute Gasteiger partial charge is 0.494 e. The zero-order valence-corrected chi connectivity index (χ0v) is 23.4. The van der Waals surface area contributed by atoms with Crippen LogP contribution < -0.4 is 14.8 Å². The van der Waals surface area contributed by atoms with Gasteiger partial charge in [0.05, 0.1) is 39.6 Å². The molecule has 0 aliphatic rings. The fourth-order valence-electron chi connectivity index (χ4n) is 3.74. The minimum absolute atomic E-state index is 0.588. The maximum absolute atomic E-state index is 6.01. The van der Waals surface area contributed by atoms with Crippen LogP contribution in [0, 0.1) is 0 Å². The molecule has 0 fully saturated rings. The second-order valence-electron chi connectivity index (χ2n) is 9.51. The molecule has 0 aliphatic heterocycles. The monoisotopic (exact) mass is 528 g/mol. The van der Waals surface area contributed by atoms with Crippen LogP contribution >= 0.6 is 0 Å². The lowest BCUT2D eigenvalue weighted by Gasteiger charge is -2.16. The number of fused-ring (bicyclic) bond motifs is 1. The number of aromatic nitrogens is 1. The van der Waals surface area contributed by atoms with Gasteiger partial charge in [0.15, 0.2) is 5.58 Å². The van der Waals surface area contributed by atoms with Crippen molar-refractivity contribution >= 4 is 11.1 Å². The Bertz CT molecular complexity index is 1040. The van der Waals surface area contributed by atoms with E-state index >= 15 is 0 Å². The normalized spacial score (nSPS) is 11.6. The summed E-state index contributed by atoms with van der Waals surface area (Å²) in [6, 6.07) is 13.7. The van der Waals surface area contributed by atoms with Crippen LogP contribution in [0.3, 0.4) is 0 Å². The molecule has 9 heteroatoms. The Morgan fingerprint density at radius 1 is 0.763 bits per heavy atom. The first kappa shape index (κ1) is 29.9. The lowest BCUT2D eigenvalue weighted by molar-refractivity contribution is 0.0419. The van der Waals surface area contributed by atoms with Gasteiger partial charge in [-0.05, 0) is 77.4 Å². The molecule has 0 saturated carbocycles. The molecule has 2 aromatic carbocycles. The lowest BCUT2D eigenvalue weighted by atomic mass is 10.2. The summed E-state index contributed by atoms with van der Waals surface area (Å²) in [6.45, 7) is 7.71. The summed E-state index contributed by atoms with van der Waals surface area (Å²) in [6.07, 6.45) is 1.91. The highest BCUT2D eigenvalue weighted by molar-refractivity contribution is 5.77. The first-order valence-corrected chi connectivity index (χ1v) is 13.4. The van der Waals surface area contributed by atoms with Crippen LogP contribution in [-0.4, -0.2) is 109 Å². The van der Waals surface area contributed by atoms with E-state index in [1.165, 1.54) is 0 Å². The van der Waals surface area contributed by atoms with Crippen molar-refractivity contribution in [2.24, 2.45) is 0 Å². The summed E-state index contributed by atoms with van der Waals surface area (Å²) in [7, 11) is 8.14. The number of ether oxygens (including phenoxy) is 4. The molecule has 1 aromatic heterocycles. The fraction of sp³-hybridized carbons (Fsp3) is 0.552. The molecule has 0 saturated heterocycles. The fourth-order valence-corrected chi connectivity index (χ4v) is 3.74. The minimum atomic E-state index is 0.588. The van der Waals surface area contributed by atoms with Crippen molar-refractivity contribution < 1.29 is 23.4 Å². The summed E-state index contributed by atoms with van der Waals surface area (Å²) >= 11 is 0. The topological polar surface area (TPSA) is 81.5 Å². The van der Waals surface area contributed by atoms with E-state index in [9.17, 15) is 0 Å². The summed E-state index contributed by atoms with van der Waals surface area (Å²) in [5.74, 6) is 2.22. The van der Waals surface area contributed by atoms with E-state index in [-0.39, 0.29) is 0 Å². The Kier molecular flexibility index (Phi) is 13.4. The summed E-state index contributed by atoms with van der Waals surface area (Å²) in [5.41, 5.74) is 2.44. The van der Waals surface area contributed by atoms with Crippen molar-refractivity contribution in [3.05, 3.63) is 42.5 Å². The first-order valence-electron chi connectivity index (χ1n) is 13.4. The first-order chi connectivity index (χ1) is 18.5. The van der Waals surface area contributed by atoms with E-state index in [0.29, 0.717) is 45.5 Å². The van der Waals surface area contributed by atoms with Crippen LogP contribution in [0.2, 0.25) is 0 Å². The Balaban J connectivity index is 1.34. The van der Waals surface area contributed by atoms with Gasteiger partial charge < -0.3 is 38.5 Å². The van der Waals surface area contributed by atoms with Crippen LogP contribution in [0.25, 0.3) is 22.6 Å². The van der Waals surface area contributed by atoms with Crippen LogP contribution in [0.5, 0.6) is 11.5 Å². The zero-order valence-electron chi connectivity index (χ0n) is 23.4. The Morgan fingerprint density at radius 2 is 1.45 bits per heavy atom. The van der Waals surface area contributed by atoms with Gasteiger partial charge in [0.1, 0.15) is 17.0 Å². The van der Waals surface area contributed by atoms with Gasteiger partial charge in [-0.15, -0.1) is 0 Å². The van der Waals surface area contributed by atoms with Crippen molar-refractivity contribution in [1.29, 1.82) is 0 Å². The number of likely N-dealkylation sites (N-methyl/N-ethyl adjacent to an activating group) is 2. The highest BCUT2D eigenvalue weighted by Crippen LogP contribution is 2.28. The molecule has 210 valence electrons. The highest BCUT2D eigenvalue weighted by atomic mass is 16.5. The number of benzene rings is 2. The van der Waals surface area contributed by atoms with Crippen molar-refractivity contribution in [3.63, 3.8) is 0 Å². The standard InChI is InChI=1S/C29H44N4O5/c1-30-13-19-34-21-22-35-20-16-33(4)15-6-18-36-25-9-7-24(8-10-25)29-31-27-12-11-26(23-28(27)38-29)37-17-5-14-32(2)3/h7-12,23,30H,5-6,13-22H2,1-4H3. The summed E-state index contributed by atoms with van der Waals surface area (Å²) in [4.78, 5) is 9.03. The van der Waals surface area contributed by atoms with Gasteiger partial charge in [0.2, 0.25) is 5.89 Å². The van der Waals surface area contributed by atoms with Crippen LogP contribution in [-0.2, 0) is 9.47 Å². The zero-order chi connectivity index (χ0) is 27.0. The third-order valence-corrected chi connectivity index (χ3v) is 5.92. The summed E-state index contributed by atoms with van der Waals surface area (Å²) in [5, 5.41) is 3.05. The molecular formula is C29H44N4O5. The Morgan fingerprint density at radius 3 is 2.18 bits per heavy atom. The maximum Gasteiger partial charge on any atom is 0.227 e. The molecular weight excluding hydrogens is 484 g/mol. The molecule has 3 rings (SSSR count). The summed E-state index contributed by atoms with van der Waals surface area (Å²) < 4.78 is 28.8. The van der Waals surface area contributed by atoms with Crippen LogP contribution in [0.4, 0.5) is 0 Å². The van der Waals surface area contributed by atoms with E-state index in [1.807, 2.05) is 49.5 Å². The second kappa shape index (κ2) is 17.0. The van der Waals surface area contributed by atoms with Gasteiger partial charge in [-0.25, -0.2) is 4.98 Å². The smallest absolute Gasteiger partial charge is 0.227 e. The molecule has 3 aromatic rings. The average molecular weight is 529 g/mol. The van der Waals surface area contributed by atoms with E-state index in [0.717, 1.165) is 67.2 Å². The quantitative estimate of drug-likeness (QED) is 0.220. The van der Waals surface area contributed by atoms with Crippen LogP contribution in [0.15, 0.2) is 46.9 Å². The van der Waals surface area contributed by atoms with Crippen molar-refractivity contribution in [2.45, 2.75) is 12.8 Å². The molecule has 9 nitrogen and oxygen atoms in total. The SMILES string of the molecule is CNCCOCCOCCN(C)CCCOc1ccc(-c2nc3ccc(OCCCN(C)C)cc3o2)cc1. The van der Waals surface area contributed by atoms with E-state index < -0.39 is 0 Å². The van der Waals surface area contributed by atoms with Gasteiger partial charge in [-0.3, -0.25) is 0 Å². The van der Waals surface area contributed by atoms with Crippen molar-refractivity contribution in [3.8, 4) is 23.0 Å². The average Bonchev–Trinajstić information content (AvgIpc) is 3.34. The van der Waals surface area contributed by atoms with Crippen LogP contribution in [0.1, 0.15) is 12.8 Å².